The number of carbonyl (C=O) groups excluding carboxylic acids is 2. The number of hydrogen-bond acceptors (Lipinski definition) is 4. The van der Waals surface area contributed by atoms with Crippen molar-refractivity contribution in [1.29, 1.82) is 0 Å². The van der Waals surface area contributed by atoms with Gasteiger partial charge in [-0.15, -0.1) is 0 Å². The first-order chi connectivity index (χ1) is 12.8. The standard InChI is InChI=1S/C19H26N2O6/c1-3-5-6-7-8-9-21-17(23)13-10-12(16(22)20-4-2)14(18(24)25)11-15(13)19(26)27/h10-11H,3-9H2,1-2H3,(H,20,22)(H,21,23)(H,24,25)(H,26,27). The molecule has 0 saturated carbocycles. The summed E-state index contributed by atoms with van der Waals surface area (Å²) in [6.45, 7) is 4.40. The van der Waals surface area contributed by atoms with Gasteiger partial charge in [0, 0.05) is 13.1 Å². The zero-order valence-corrected chi connectivity index (χ0v) is 15.6. The molecular weight excluding hydrogens is 352 g/mol. The van der Waals surface area contributed by atoms with Gasteiger partial charge in [0.25, 0.3) is 11.8 Å². The first kappa shape index (κ1) is 22.1. The lowest BCUT2D eigenvalue weighted by molar-refractivity contribution is 0.0687. The molecule has 148 valence electrons. The van der Waals surface area contributed by atoms with Crippen LogP contribution in [0, 0.1) is 0 Å². The summed E-state index contributed by atoms with van der Waals surface area (Å²) in [4.78, 5) is 47.4. The molecule has 27 heavy (non-hydrogen) atoms. The van der Waals surface area contributed by atoms with Crippen molar-refractivity contribution in [2.75, 3.05) is 13.1 Å². The average Bonchev–Trinajstić information content (AvgIpc) is 2.63. The third kappa shape index (κ3) is 6.40. The van der Waals surface area contributed by atoms with Crippen molar-refractivity contribution >= 4 is 23.8 Å². The van der Waals surface area contributed by atoms with Gasteiger partial charge in [-0.2, -0.15) is 0 Å². The van der Waals surface area contributed by atoms with Gasteiger partial charge in [0.2, 0.25) is 0 Å². The van der Waals surface area contributed by atoms with Crippen LogP contribution in [-0.2, 0) is 0 Å². The summed E-state index contributed by atoms with van der Waals surface area (Å²) in [5.74, 6) is -4.21. The van der Waals surface area contributed by atoms with E-state index in [-0.39, 0.29) is 17.7 Å². The van der Waals surface area contributed by atoms with Crippen molar-refractivity contribution in [2.24, 2.45) is 0 Å². The second-order valence-electron chi connectivity index (χ2n) is 6.08. The molecule has 8 heteroatoms. The van der Waals surface area contributed by atoms with E-state index >= 15 is 0 Å². The molecule has 0 saturated heterocycles. The van der Waals surface area contributed by atoms with Gasteiger partial charge in [-0.3, -0.25) is 9.59 Å². The van der Waals surface area contributed by atoms with E-state index in [0.29, 0.717) is 6.54 Å². The Balaban J connectivity index is 3.10. The summed E-state index contributed by atoms with van der Waals surface area (Å²) < 4.78 is 0. The molecule has 0 aromatic heterocycles. The lowest BCUT2D eigenvalue weighted by atomic mass is 9.97. The second-order valence-corrected chi connectivity index (χ2v) is 6.08. The highest BCUT2D eigenvalue weighted by atomic mass is 16.4. The molecule has 0 atom stereocenters. The highest BCUT2D eigenvalue weighted by Gasteiger charge is 2.25. The quantitative estimate of drug-likeness (QED) is 0.437. The third-order valence-electron chi connectivity index (χ3n) is 4.01. The van der Waals surface area contributed by atoms with Crippen LogP contribution >= 0.6 is 0 Å². The molecule has 0 bridgehead atoms. The maximum Gasteiger partial charge on any atom is 0.336 e. The number of nitrogens with one attached hydrogen (secondary N) is 2. The molecule has 0 aliphatic heterocycles. The van der Waals surface area contributed by atoms with Gasteiger partial charge < -0.3 is 20.8 Å². The fourth-order valence-electron chi connectivity index (χ4n) is 2.61. The molecule has 1 aromatic rings. The largest absolute Gasteiger partial charge is 0.478 e. The van der Waals surface area contributed by atoms with Crippen LogP contribution in [0.5, 0.6) is 0 Å². The molecule has 0 radical (unpaired) electrons. The number of carboxylic acids is 2. The van der Waals surface area contributed by atoms with Crippen molar-refractivity contribution in [2.45, 2.75) is 46.0 Å². The summed E-state index contributed by atoms with van der Waals surface area (Å²) in [5, 5.41) is 23.7. The van der Waals surface area contributed by atoms with E-state index in [1.54, 1.807) is 6.92 Å². The fraction of sp³-hybridized carbons (Fsp3) is 0.474. The van der Waals surface area contributed by atoms with E-state index in [0.717, 1.165) is 44.2 Å². The molecule has 0 spiro atoms. The van der Waals surface area contributed by atoms with E-state index in [9.17, 15) is 29.4 Å². The van der Waals surface area contributed by atoms with Gasteiger partial charge in [0.05, 0.1) is 22.3 Å². The second kappa shape index (κ2) is 10.9. The number of aromatic carboxylic acids is 2. The minimum absolute atomic E-state index is 0.234. The zero-order chi connectivity index (χ0) is 20.4. The number of carboxylic acid groups (broad SMARTS) is 2. The minimum atomic E-state index is -1.44. The Bertz CT molecular complexity index is 714. The highest BCUT2D eigenvalue weighted by Crippen LogP contribution is 2.19. The average molecular weight is 378 g/mol. The Morgan fingerprint density at radius 3 is 1.70 bits per heavy atom. The lowest BCUT2D eigenvalue weighted by Crippen LogP contribution is -2.29. The molecule has 2 amide bonds. The maximum absolute atomic E-state index is 12.4. The van der Waals surface area contributed by atoms with Crippen LogP contribution < -0.4 is 10.6 Å². The van der Waals surface area contributed by atoms with Crippen molar-refractivity contribution in [1.82, 2.24) is 10.6 Å². The molecular formula is C19H26N2O6. The van der Waals surface area contributed by atoms with Crippen LogP contribution in [0.2, 0.25) is 0 Å². The van der Waals surface area contributed by atoms with Gasteiger partial charge in [-0.05, 0) is 25.5 Å². The summed E-state index contributed by atoms with van der Waals surface area (Å²) >= 11 is 0. The third-order valence-corrected chi connectivity index (χ3v) is 4.01. The van der Waals surface area contributed by atoms with Gasteiger partial charge in [-0.25, -0.2) is 9.59 Å². The molecule has 0 unspecified atom stereocenters. The normalized spacial score (nSPS) is 10.3. The van der Waals surface area contributed by atoms with E-state index in [2.05, 4.69) is 17.6 Å². The molecule has 1 rings (SSSR count). The van der Waals surface area contributed by atoms with Crippen molar-refractivity contribution in [3.05, 3.63) is 34.4 Å². The van der Waals surface area contributed by atoms with Crippen LogP contribution in [0.4, 0.5) is 0 Å². The summed E-state index contributed by atoms with van der Waals surface area (Å²) in [7, 11) is 0. The van der Waals surface area contributed by atoms with Gasteiger partial charge in [-0.1, -0.05) is 32.6 Å². The van der Waals surface area contributed by atoms with Crippen molar-refractivity contribution in [3.63, 3.8) is 0 Å². The Morgan fingerprint density at radius 2 is 1.22 bits per heavy atom. The number of hydrogen-bond donors (Lipinski definition) is 4. The van der Waals surface area contributed by atoms with Gasteiger partial charge >= 0.3 is 11.9 Å². The number of benzene rings is 1. The molecule has 0 aliphatic rings. The van der Waals surface area contributed by atoms with E-state index in [4.69, 9.17) is 0 Å². The Kier molecular flexibility index (Phi) is 8.98. The van der Waals surface area contributed by atoms with Crippen LogP contribution in [0.3, 0.4) is 0 Å². The number of carbonyl (C=O) groups is 4. The van der Waals surface area contributed by atoms with E-state index in [1.807, 2.05) is 0 Å². The summed E-state index contributed by atoms with van der Waals surface area (Å²) in [6.07, 6.45) is 4.98. The van der Waals surface area contributed by atoms with Gasteiger partial charge in [0.15, 0.2) is 0 Å². The monoisotopic (exact) mass is 378 g/mol. The Hall–Kier alpha value is -2.90. The predicted octanol–water partition coefficient (Wildman–Crippen LogP) is 2.53. The Labute approximate surface area is 158 Å². The lowest BCUT2D eigenvalue weighted by Gasteiger charge is -2.12. The predicted molar refractivity (Wildman–Crippen MR) is 99.5 cm³/mol. The summed E-state index contributed by atoms with van der Waals surface area (Å²) in [5.41, 5.74) is -1.40. The van der Waals surface area contributed by atoms with Crippen molar-refractivity contribution in [3.8, 4) is 0 Å². The SMILES string of the molecule is CCCCCCCNC(=O)c1cc(C(=O)NCC)c(C(=O)O)cc1C(=O)O. The molecule has 0 fully saturated rings. The van der Waals surface area contributed by atoms with Crippen LogP contribution in [-0.4, -0.2) is 47.1 Å². The number of amides is 2. The minimum Gasteiger partial charge on any atom is -0.478 e. The highest BCUT2D eigenvalue weighted by molar-refractivity contribution is 6.11. The van der Waals surface area contributed by atoms with Gasteiger partial charge in [0.1, 0.15) is 0 Å². The van der Waals surface area contributed by atoms with Crippen LogP contribution in [0.1, 0.15) is 87.4 Å². The van der Waals surface area contributed by atoms with E-state index in [1.165, 1.54) is 0 Å². The molecule has 0 heterocycles. The first-order valence-corrected chi connectivity index (χ1v) is 9.04. The topological polar surface area (TPSA) is 133 Å². The zero-order valence-electron chi connectivity index (χ0n) is 15.6. The fourth-order valence-corrected chi connectivity index (χ4v) is 2.61. The van der Waals surface area contributed by atoms with Crippen LogP contribution in [0.25, 0.3) is 0 Å². The number of unbranched alkanes of at least 4 members (excludes halogenated alkanes) is 4. The smallest absolute Gasteiger partial charge is 0.336 e. The number of rotatable bonds is 11. The first-order valence-electron chi connectivity index (χ1n) is 9.04. The maximum atomic E-state index is 12.4. The molecule has 0 aliphatic carbocycles. The van der Waals surface area contributed by atoms with E-state index < -0.39 is 34.9 Å². The van der Waals surface area contributed by atoms with Crippen molar-refractivity contribution < 1.29 is 29.4 Å². The Morgan fingerprint density at radius 1 is 0.741 bits per heavy atom. The molecule has 4 N–H and O–H groups in total. The molecule has 8 nitrogen and oxygen atoms in total. The summed E-state index contributed by atoms with van der Waals surface area (Å²) in [6, 6.07) is 1.88. The van der Waals surface area contributed by atoms with Crippen LogP contribution in [0.15, 0.2) is 12.1 Å². The molecule has 1 aromatic carbocycles.